The highest BCUT2D eigenvalue weighted by molar-refractivity contribution is 5.78. The molecule has 2 aliphatic rings. The van der Waals surface area contributed by atoms with E-state index in [9.17, 15) is 4.79 Å². The number of amides is 1. The fraction of sp³-hybridized carbons (Fsp3) is 0.381. The van der Waals surface area contributed by atoms with Gasteiger partial charge in [0.05, 0.1) is 7.11 Å². The second kappa shape index (κ2) is 7.38. The lowest BCUT2D eigenvalue weighted by atomic mass is 9.96. The molecule has 5 heteroatoms. The van der Waals surface area contributed by atoms with E-state index in [1.54, 1.807) is 7.11 Å². The van der Waals surface area contributed by atoms with E-state index in [-0.39, 0.29) is 12.5 Å². The Morgan fingerprint density at radius 1 is 1.04 bits per heavy atom. The molecule has 0 aliphatic carbocycles. The van der Waals surface area contributed by atoms with E-state index in [1.807, 2.05) is 29.2 Å². The van der Waals surface area contributed by atoms with Crippen LogP contribution in [0, 0.1) is 0 Å². The molecule has 2 aromatic rings. The van der Waals surface area contributed by atoms with Crippen LogP contribution in [0.3, 0.4) is 0 Å². The highest BCUT2D eigenvalue weighted by atomic mass is 16.5. The monoisotopic (exact) mass is 352 g/mol. The molecule has 4 rings (SSSR count). The van der Waals surface area contributed by atoms with Gasteiger partial charge in [-0.05, 0) is 29.7 Å². The number of benzene rings is 2. The molecular formula is C21H24N2O3. The zero-order chi connectivity index (χ0) is 17.9. The molecular weight excluding hydrogens is 328 g/mol. The van der Waals surface area contributed by atoms with Gasteiger partial charge in [0.1, 0.15) is 0 Å². The van der Waals surface area contributed by atoms with Gasteiger partial charge >= 0.3 is 0 Å². The number of nitrogens with zero attached hydrogens (tertiary/aromatic N) is 2. The number of para-hydroxylation sites is 2. The first-order valence-corrected chi connectivity index (χ1v) is 9.09. The molecule has 0 spiro atoms. The van der Waals surface area contributed by atoms with Crippen LogP contribution in [0.2, 0.25) is 0 Å². The Labute approximate surface area is 154 Å². The van der Waals surface area contributed by atoms with E-state index in [0.717, 1.165) is 32.6 Å². The van der Waals surface area contributed by atoms with E-state index in [0.29, 0.717) is 17.5 Å². The van der Waals surface area contributed by atoms with Crippen molar-refractivity contribution in [3.05, 3.63) is 59.7 Å². The number of hydrogen-bond acceptors (Lipinski definition) is 4. The first-order valence-electron chi connectivity index (χ1n) is 9.09. The van der Waals surface area contributed by atoms with Crippen LogP contribution in [0.25, 0.3) is 0 Å². The van der Waals surface area contributed by atoms with Crippen LogP contribution >= 0.6 is 0 Å². The standard InChI is InChI=1S/C21H24N2O3/c1-25-19-8-4-5-9-20(19)26-15-21(24)23-13-18(14-23)22-11-10-16-6-2-3-7-17(16)12-22/h2-9,18H,10-15H2,1H3. The zero-order valence-electron chi connectivity index (χ0n) is 15.1. The molecule has 0 N–H and O–H groups in total. The molecule has 0 bridgehead atoms. The summed E-state index contributed by atoms with van der Waals surface area (Å²) in [5, 5.41) is 0. The van der Waals surface area contributed by atoms with Crippen molar-refractivity contribution in [1.29, 1.82) is 0 Å². The maximum Gasteiger partial charge on any atom is 0.260 e. The van der Waals surface area contributed by atoms with E-state index >= 15 is 0 Å². The van der Waals surface area contributed by atoms with Crippen LogP contribution in [0.5, 0.6) is 11.5 Å². The van der Waals surface area contributed by atoms with E-state index < -0.39 is 0 Å². The maximum atomic E-state index is 12.4. The summed E-state index contributed by atoms with van der Waals surface area (Å²) in [6, 6.07) is 16.5. The molecule has 0 saturated carbocycles. The Morgan fingerprint density at radius 2 is 1.73 bits per heavy atom. The predicted octanol–water partition coefficient (Wildman–Crippen LogP) is 2.34. The first-order chi connectivity index (χ1) is 12.7. The summed E-state index contributed by atoms with van der Waals surface area (Å²) < 4.78 is 10.9. The number of carbonyl (C=O) groups excluding carboxylic acids is 1. The molecule has 2 heterocycles. The topological polar surface area (TPSA) is 42.0 Å². The third kappa shape index (κ3) is 3.40. The SMILES string of the molecule is COc1ccccc1OCC(=O)N1CC(N2CCc3ccccc3C2)C1. The lowest BCUT2D eigenvalue weighted by Crippen LogP contribution is -2.62. The van der Waals surface area contributed by atoms with Crippen molar-refractivity contribution in [3.8, 4) is 11.5 Å². The lowest BCUT2D eigenvalue weighted by Gasteiger charge is -2.46. The molecule has 0 radical (unpaired) electrons. The summed E-state index contributed by atoms with van der Waals surface area (Å²) >= 11 is 0. The van der Waals surface area contributed by atoms with Gasteiger partial charge in [0.25, 0.3) is 5.91 Å². The van der Waals surface area contributed by atoms with Crippen LogP contribution in [-0.4, -0.2) is 55.1 Å². The fourth-order valence-electron chi connectivity index (χ4n) is 3.69. The van der Waals surface area contributed by atoms with Crippen LogP contribution in [0.15, 0.2) is 48.5 Å². The summed E-state index contributed by atoms with van der Waals surface area (Å²) in [5.74, 6) is 1.28. The van der Waals surface area contributed by atoms with Crippen molar-refractivity contribution in [2.45, 2.75) is 19.0 Å². The highest BCUT2D eigenvalue weighted by Gasteiger charge is 2.36. The maximum absolute atomic E-state index is 12.4. The molecule has 2 aliphatic heterocycles. The van der Waals surface area contributed by atoms with Gasteiger partial charge in [-0.15, -0.1) is 0 Å². The number of methoxy groups -OCH3 is 1. The first kappa shape index (κ1) is 16.9. The summed E-state index contributed by atoms with van der Waals surface area (Å²) in [4.78, 5) is 16.7. The molecule has 1 saturated heterocycles. The van der Waals surface area contributed by atoms with Gasteiger partial charge in [-0.3, -0.25) is 9.69 Å². The quantitative estimate of drug-likeness (QED) is 0.828. The van der Waals surface area contributed by atoms with Crippen LogP contribution in [0.4, 0.5) is 0 Å². The molecule has 0 atom stereocenters. The Balaban J connectivity index is 1.26. The number of carbonyl (C=O) groups is 1. The second-order valence-electron chi connectivity index (χ2n) is 6.88. The van der Waals surface area contributed by atoms with Crippen molar-refractivity contribution < 1.29 is 14.3 Å². The number of fused-ring (bicyclic) bond motifs is 1. The van der Waals surface area contributed by atoms with E-state index in [4.69, 9.17) is 9.47 Å². The molecule has 1 amide bonds. The minimum Gasteiger partial charge on any atom is -0.493 e. The van der Waals surface area contributed by atoms with Gasteiger partial charge in [-0.1, -0.05) is 36.4 Å². The largest absolute Gasteiger partial charge is 0.493 e. The highest BCUT2D eigenvalue weighted by Crippen LogP contribution is 2.27. The molecule has 2 aromatic carbocycles. The smallest absolute Gasteiger partial charge is 0.260 e. The van der Waals surface area contributed by atoms with Crippen LogP contribution in [0.1, 0.15) is 11.1 Å². The molecule has 0 unspecified atom stereocenters. The molecule has 5 nitrogen and oxygen atoms in total. The zero-order valence-corrected chi connectivity index (χ0v) is 15.1. The average molecular weight is 352 g/mol. The molecule has 26 heavy (non-hydrogen) atoms. The number of likely N-dealkylation sites (tertiary alicyclic amines) is 1. The van der Waals surface area contributed by atoms with Crippen molar-refractivity contribution in [2.24, 2.45) is 0 Å². The van der Waals surface area contributed by atoms with Crippen molar-refractivity contribution >= 4 is 5.91 Å². The van der Waals surface area contributed by atoms with Gasteiger partial charge < -0.3 is 14.4 Å². The Hall–Kier alpha value is -2.53. The minimum atomic E-state index is 0.0320. The summed E-state index contributed by atoms with van der Waals surface area (Å²) in [6.45, 7) is 3.69. The van der Waals surface area contributed by atoms with Crippen molar-refractivity contribution in [3.63, 3.8) is 0 Å². The Morgan fingerprint density at radius 3 is 2.50 bits per heavy atom. The molecule has 136 valence electrons. The summed E-state index contributed by atoms with van der Waals surface area (Å²) in [7, 11) is 1.60. The Bertz CT molecular complexity index is 786. The summed E-state index contributed by atoms with van der Waals surface area (Å²) in [6.07, 6.45) is 1.09. The third-order valence-electron chi connectivity index (χ3n) is 5.31. The van der Waals surface area contributed by atoms with Crippen molar-refractivity contribution in [2.75, 3.05) is 33.4 Å². The van der Waals surface area contributed by atoms with Crippen LogP contribution in [-0.2, 0) is 17.8 Å². The average Bonchev–Trinajstić information content (AvgIpc) is 2.65. The van der Waals surface area contributed by atoms with Gasteiger partial charge in [-0.25, -0.2) is 0 Å². The van der Waals surface area contributed by atoms with Gasteiger partial charge in [0.15, 0.2) is 18.1 Å². The third-order valence-corrected chi connectivity index (χ3v) is 5.31. The fourth-order valence-corrected chi connectivity index (χ4v) is 3.69. The lowest BCUT2D eigenvalue weighted by molar-refractivity contribution is -0.141. The van der Waals surface area contributed by atoms with Crippen LogP contribution < -0.4 is 9.47 Å². The predicted molar refractivity (Wildman–Crippen MR) is 99.4 cm³/mol. The minimum absolute atomic E-state index is 0.0320. The number of hydrogen-bond donors (Lipinski definition) is 0. The Kier molecular flexibility index (Phi) is 4.80. The summed E-state index contributed by atoms with van der Waals surface area (Å²) in [5.41, 5.74) is 2.88. The van der Waals surface area contributed by atoms with Crippen molar-refractivity contribution in [1.82, 2.24) is 9.80 Å². The number of ether oxygens (including phenoxy) is 2. The number of rotatable bonds is 5. The van der Waals surface area contributed by atoms with E-state index in [2.05, 4.69) is 29.2 Å². The normalized spacial score (nSPS) is 17.3. The van der Waals surface area contributed by atoms with Gasteiger partial charge in [0.2, 0.25) is 0 Å². The van der Waals surface area contributed by atoms with Gasteiger partial charge in [-0.2, -0.15) is 0 Å². The second-order valence-corrected chi connectivity index (χ2v) is 6.88. The molecule has 0 aromatic heterocycles. The van der Waals surface area contributed by atoms with Gasteiger partial charge in [0, 0.05) is 32.2 Å². The molecule has 1 fully saturated rings. The van der Waals surface area contributed by atoms with E-state index in [1.165, 1.54) is 11.1 Å².